The first kappa shape index (κ1) is 19.2. The van der Waals surface area contributed by atoms with Crippen LogP contribution in [0.5, 0.6) is 23.0 Å². The molecule has 0 aliphatic heterocycles. The second-order valence-corrected chi connectivity index (χ2v) is 5.24. The first-order valence-corrected chi connectivity index (χ1v) is 7.89. The SMILES string of the molecule is COc1ccc(OC)c(/C=C/C(=O)OCc2ccc(OC)c(OC)c2)c1. The molecule has 0 bridgehead atoms. The predicted octanol–water partition coefficient (Wildman–Crippen LogP) is 3.48. The first-order valence-electron chi connectivity index (χ1n) is 7.89. The molecule has 2 aromatic carbocycles. The van der Waals surface area contributed by atoms with Gasteiger partial charge in [0.05, 0.1) is 28.4 Å². The summed E-state index contributed by atoms with van der Waals surface area (Å²) in [4.78, 5) is 12.0. The van der Waals surface area contributed by atoms with Crippen molar-refractivity contribution in [2.45, 2.75) is 6.61 Å². The summed E-state index contributed by atoms with van der Waals surface area (Å²) in [7, 11) is 6.26. The van der Waals surface area contributed by atoms with Crippen molar-refractivity contribution < 1.29 is 28.5 Å². The van der Waals surface area contributed by atoms with Gasteiger partial charge in [-0.3, -0.25) is 0 Å². The highest BCUT2D eigenvalue weighted by atomic mass is 16.5. The van der Waals surface area contributed by atoms with Crippen molar-refractivity contribution in [1.29, 1.82) is 0 Å². The van der Waals surface area contributed by atoms with E-state index in [9.17, 15) is 4.79 Å². The van der Waals surface area contributed by atoms with E-state index in [0.717, 1.165) is 11.1 Å². The average molecular weight is 358 g/mol. The summed E-state index contributed by atoms with van der Waals surface area (Å²) in [5, 5.41) is 0. The minimum absolute atomic E-state index is 0.124. The summed E-state index contributed by atoms with van der Waals surface area (Å²) in [6.07, 6.45) is 2.97. The second kappa shape index (κ2) is 9.36. The molecular weight excluding hydrogens is 336 g/mol. The second-order valence-electron chi connectivity index (χ2n) is 5.24. The van der Waals surface area contributed by atoms with Crippen molar-refractivity contribution >= 4 is 12.0 Å². The van der Waals surface area contributed by atoms with Crippen LogP contribution < -0.4 is 18.9 Å². The molecule has 0 unspecified atom stereocenters. The fourth-order valence-corrected chi connectivity index (χ4v) is 2.30. The third kappa shape index (κ3) is 4.92. The summed E-state index contributed by atoms with van der Waals surface area (Å²) in [6.45, 7) is 0.124. The Morgan fingerprint density at radius 1 is 0.846 bits per heavy atom. The predicted molar refractivity (Wildman–Crippen MR) is 97.9 cm³/mol. The van der Waals surface area contributed by atoms with Gasteiger partial charge in [-0.15, -0.1) is 0 Å². The molecule has 0 aliphatic rings. The summed E-state index contributed by atoms with van der Waals surface area (Å²) < 4.78 is 26.1. The van der Waals surface area contributed by atoms with Crippen molar-refractivity contribution in [2.75, 3.05) is 28.4 Å². The molecule has 0 amide bonds. The van der Waals surface area contributed by atoms with Crippen molar-refractivity contribution in [3.63, 3.8) is 0 Å². The number of hydrogen-bond donors (Lipinski definition) is 0. The molecular formula is C20H22O6. The maximum Gasteiger partial charge on any atom is 0.331 e. The summed E-state index contributed by atoms with van der Waals surface area (Å²) in [5.41, 5.74) is 1.51. The monoisotopic (exact) mass is 358 g/mol. The molecule has 0 heterocycles. The van der Waals surface area contributed by atoms with Gasteiger partial charge in [0.1, 0.15) is 18.1 Å². The Labute approximate surface area is 152 Å². The van der Waals surface area contributed by atoms with Crippen LogP contribution in [0, 0.1) is 0 Å². The Morgan fingerprint density at radius 3 is 2.19 bits per heavy atom. The van der Waals surface area contributed by atoms with Crippen LogP contribution in [0.1, 0.15) is 11.1 Å². The average Bonchev–Trinajstić information content (AvgIpc) is 2.69. The Morgan fingerprint density at radius 2 is 1.54 bits per heavy atom. The van der Waals surface area contributed by atoms with Crippen molar-refractivity contribution in [1.82, 2.24) is 0 Å². The number of benzene rings is 2. The quantitative estimate of drug-likeness (QED) is 0.532. The lowest BCUT2D eigenvalue weighted by Crippen LogP contribution is -2.01. The fraction of sp³-hybridized carbons (Fsp3) is 0.250. The highest BCUT2D eigenvalue weighted by Gasteiger charge is 2.07. The molecule has 0 N–H and O–H groups in total. The van der Waals surface area contributed by atoms with Gasteiger partial charge in [0.15, 0.2) is 11.5 Å². The van der Waals surface area contributed by atoms with Crippen LogP contribution >= 0.6 is 0 Å². The third-order valence-corrected chi connectivity index (χ3v) is 3.66. The largest absolute Gasteiger partial charge is 0.497 e. The number of carbonyl (C=O) groups is 1. The number of ether oxygens (including phenoxy) is 5. The van der Waals surface area contributed by atoms with Gasteiger partial charge in [-0.05, 0) is 42.0 Å². The van der Waals surface area contributed by atoms with Gasteiger partial charge in [-0.1, -0.05) is 6.07 Å². The Balaban J connectivity index is 2.02. The zero-order chi connectivity index (χ0) is 18.9. The molecule has 26 heavy (non-hydrogen) atoms. The molecule has 0 aromatic heterocycles. The van der Waals surface area contributed by atoms with E-state index in [4.69, 9.17) is 23.7 Å². The minimum Gasteiger partial charge on any atom is -0.497 e. The molecule has 0 aliphatic carbocycles. The van der Waals surface area contributed by atoms with E-state index in [2.05, 4.69) is 0 Å². The van der Waals surface area contributed by atoms with E-state index < -0.39 is 5.97 Å². The van der Waals surface area contributed by atoms with Gasteiger partial charge in [-0.2, -0.15) is 0 Å². The maximum atomic E-state index is 12.0. The molecule has 2 rings (SSSR count). The molecule has 2 aromatic rings. The zero-order valence-electron chi connectivity index (χ0n) is 15.3. The number of methoxy groups -OCH3 is 4. The molecule has 0 saturated heterocycles. The van der Waals surface area contributed by atoms with Gasteiger partial charge in [0.2, 0.25) is 0 Å². The van der Waals surface area contributed by atoms with Crippen LogP contribution in [-0.2, 0) is 16.1 Å². The summed E-state index contributed by atoms with van der Waals surface area (Å²) >= 11 is 0. The van der Waals surface area contributed by atoms with Crippen LogP contribution in [0.15, 0.2) is 42.5 Å². The summed E-state index contributed by atoms with van der Waals surface area (Å²) in [5.74, 6) is 2.04. The van der Waals surface area contributed by atoms with E-state index in [1.807, 2.05) is 6.07 Å². The highest BCUT2D eigenvalue weighted by Crippen LogP contribution is 2.28. The fourth-order valence-electron chi connectivity index (χ4n) is 2.30. The molecule has 138 valence electrons. The van der Waals surface area contributed by atoms with Crippen molar-refractivity contribution in [3.05, 3.63) is 53.6 Å². The van der Waals surface area contributed by atoms with Crippen LogP contribution in [0.2, 0.25) is 0 Å². The lowest BCUT2D eigenvalue weighted by Gasteiger charge is -2.09. The van der Waals surface area contributed by atoms with Crippen molar-refractivity contribution in [2.24, 2.45) is 0 Å². The van der Waals surface area contributed by atoms with Gasteiger partial charge < -0.3 is 23.7 Å². The summed E-state index contributed by atoms with van der Waals surface area (Å²) in [6, 6.07) is 10.7. The van der Waals surface area contributed by atoms with Gasteiger partial charge >= 0.3 is 5.97 Å². The van der Waals surface area contributed by atoms with E-state index in [1.165, 1.54) is 6.08 Å². The van der Waals surface area contributed by atoms with Gasteiger partial charge in [0, 0.05) is 11.6 Å². The first-order chi connectivity index (χ1) is 12.6. The number of esters is 1. The zero-order valence-corrected chi connectivity index (χ0v) is 15.3. The Hall–Kier alpha value is -3.15. The number of rotatable bonds is 8. The van der Waals surface area contributed by atoms with Crippen LogP contribution in [-0.4, -0.2) is 34.4 Å². The van der Waals surface area contributed by atoms with Crippen molar-refractivity contribution in [3.8, 4) is 23.0 Å². The molecule has 6 heteroatoms. The molecule has 0 saturated carbocycles. The van der Waals surface area contributed by atoms with Gasteiger partial charge in [-0.25, -0.2) is 4.79 Å². The minimum atomic E-state index is -0.468. The number of carbonyl (C=O) groups excluding carboxylic acids is 1. The Bertz CT molecular complexity index is 782. The number of hydrogen-bond acceptors (Lipinski definition) is 6. The van der Waals surface area contributed by atoms with Gasteiger partial charge in [0.25, 0.3) is 0 Å². The molecule has 6 nitrogen and oxygen atoms in total. The van der Waals surface area contributed by atoms with Crippen LogP contribution in [0.4, 0.5) is 0 Å². The third-order valence-electron chi connectivity index (χ3n) is 3.66. The van der Waals surface area contributed by atoms with E-state index >= 15 is 0 Å². The smallest absolute Gasteiger partial charge is 0.331 e. The van der Waals surface area contributed by atoms with E-state index in [1.54, 1.807) is 64.8 Å². The van der Waals surface area contributed by atoms with E-state index in [0.29, 0.717) is 23.0 Å². The standard InChI is InChI=1S/C20H22O6/c1-22-16-7-9-17(23-2)15(12-16)6-10-20(21)26-13-14-5-8-18(24-3)19(11-14)25-4/h5-12H,13H2,1-4H3/b10-6+. The normalized spacial score (nSPS) is 10.5. The van der Waals surface area contributed by atoms with Crippen LogP contribution in [0.25, 0.3) is 6.08 Å². The lowest BCUT2D eigenvalue weighted by atomic mass is 10.1. The maximum absolute atomic E-state index is 12.0. The van der Waals surface area contributed by atoms with E-state index in [-0.39, 0.29) is 6.61 Å². The highest BCUT2D eigenvalue weighted by molar-refractivity contribution is 5.87. The van der Waals surface area contributed by atoms with Crippen LogP contribution in [0.3, 0.4) is 0 Å². The molecule has 0 spiro atoms. The topological polar surface area (TPSA) is 63.2 Å². The molecule has 0 fully saturated rings. The molecule has 0 radical (unpaired) electrons. The lowest BCUT2D eigenvalue weighted by molar-refractivity contribution is -0.138. The molecule has 0 atom stereocenters. The Kier molecular flexibility index (Phi) is 6.91.